The lowest BCUT2D eigenvalue weighted by Gasteiger charge is -2.07. The van der Waals surface area contributed by atoms with Gasteiger partial charge in [0.15, 0.2) is 0 Å². The highest BCUT2D eigenvalue weighted by Gasteiger charge is 2.00. The Morgan fingerprint density at radius 2 is 1.55 bits per heavy atom. The summed E-state index contributed by atoms with van der Waals surface area (Å²) in [5.41, 5.74) is 10.2. The number of ether oxygens (including phenoxy) is 1. The topological polar surface area (TPSA) is 48.1 Å². The van der Waals surface area contributed by atoms with E-state index in [9.17, 15) is 0 Å². The molecule has 0 amide bonds. The Balaban J connectivity index is 1.66. The van der Waals surface area contributed by atoms with E-state index in [1.54, 1.807) is 6.20 Å². The molecule has 0 saturated carbocycles. The second-order valence-corrected chi connectivity index (χ2v) is 5.06. The quantitative estimate of drug-likeness (QED) is 0.777. The molecule has 0 fully saturated rings. The molecule has 2 N–H and O–H groups in total. The Morgan fingerprint density at radius 1 is 0.818 bits per heavy atom. The number of benzene rings is 2. The molecule has 110 valence electrons. The van der Waals surface area contributed by atoms with E-state index in [1.807, 2.05) is 30.3 Å². The summed E-state index contributed by atoms with van der Waals surface area (Å²) in [6.45, 7) is 0.987. The molecule has 0 atom stereocenters. The lowest BCUT2D eigenvalue weighted by atomic mass is 10.0. The van der Waals surface area contributed by atoms with Gasteiger partial charge in [-0.3, -0.25) is 0 Å². The maximum absolute atomic E-state index is 5.71. The molecule has 3 aromatic rings. The molecule has 3 heteroatoms. The van der Waals surface area contributed by atoms with Gasteiger partial charge >= 0.3 is 0 Å². The number of nitrogens with zero attached hydrogens (tertiary/aromatic N) is 1. The molecular formula is C19H18N2O. The van der Waals surface area contributed by atoms with Crippen LogP contribution in [0.3, 0.4) is 0 Å². The molecular weight excluding hydrogens is 272 g/mol. The van der Waals surface area contributed by atoms with Crippen LogP contribution in [0, 0.1) is 0 Å². The van der Waals surface area contributed by atoms with Crippen molar-refractivity contribution in [1.29, 1.82) is 0 Å². The van der Waals surface area contributed by atoms with E-state index in [4.69, 9.17) is 10.5 Å². The lowest BCUT2D eigenvalue weighted by molar-refractivity contribution is 0.293. The van der Waals surface area contributed by atoms with Crippen molar-refractivity contribution >= 4 is 0 Å². The van der Waals surface area contributed by atoms with Crippen molar-refractivity contribution in [1.82, 2.24) is 4.98 Å². The van der Waals surface area contributed by atoms with Crippen molar-refractivity contribution in [3.63, 3.8) is 0 Å². The van der Waals surface area contributed by atoms with Gasteiger partial charge in [0.2, 0.25) is 5.88 Å². The normalized spacial score (nSPS) is 10.4. The molecule has 0 spiro atoms. The zero-order valence-electron chi connectivity index (χ0n) is 12.3. The Hall–Kier alpha value is -2.65. The third kappa shape index (κ3) is 3.51. The van der Waals surface area contributed by atoms with Gasteiger partial charge in [0.05, 0.1) is 0 Å². The molecule has 1 heterocycles. The predicted octanol–water partition coefficient (Wildman–Crippen LogP) is 3.79. The van der Waals surface area contributed by atoms with Crippen LogP contribution in [0.4, 0.5) is 0 Å². The van der Waals surface area contributed by atoms with Gasteiger partial charge in [-0.2, -0.15) is 0 Å². The molecule has 3 rings (SSSR count). The number of pyridine rings is 1. The fourth-order valence-electron chi connectivity index (χ4n) is 2.24. The van der Waals surface area contributed by atoms with Gasteiger partial charge < -0.3 is 10.5 Å². The van der Waals surface area contributed by atoms with E-state index < -0.39 is 0 Å². The summed E-state index contributed by atoms with van der Waals surface area (Å²) in [4.78, 5) is 4.19. The first-order valence-corrected chi connectivity index (χ1v) is 7.27. The van der Waals surface area contributed by atoms with Crippen LogP contribution in [0.25, 0.3) is 11.1 Å². The molecule has 22 heavy (non-hydrogen) atoms. The van der Waals surface area contributed by atoms with Gasteiger partial charge in [-0.25, -0.2) is 4.98 Å². The fraction of sp³-hybridized carbons (Fsp3) is 0.105. The van der Waals surface area contributed by atoms with Crippen LogP contribution in [0.1, 0.15) is 11.1 Å². The van der Waals surface area contributed by atoms with Crippen molar-refractivity contribution in [3.05, 3.63) is 84.1 Å². The van der Waals surface area contributed by atoms with Gasteiger partial charge in [-0.15, -0.1) is 0 Å². The summed E-state index contributed by atoms with van der Waals surface area (Å²) >= 11 is 0. The minimum absolute atomic E-state index is 0.491. The first kappa shape index (κ1) is 14.3. The third-order valence-corrected chi connectivity index (χ3v) is 3.48. The average molecular weight is 290 g/mol. The van der Waals surface area contributed by atoms with E-state index in [2.05, 4.69) is 41.4 Å². The highest BCUT2D eigenvalue weighted by atomic mass is 16.5. The van der Waals surface area contributed by atoms with Crippen LogP contribution in [0.2, 0.25) is 0 Å². The Bertz CT molecular complexity index is 724. The van der Waals surface area contributed by atoms with Crippen molar-refractivity contribution in [2.45, 2.75) is 13.2 Å². The van der Waals surface area contributed by atoms with Gasteiger partial charge in [-0.05, 0) is 28.3 Å². The van der Waals surface area contributed by atoms with E-state index >= 15 is 0 Å². The first-order valence-electron chi connectivity index (χ1n) is 7.27. The summed E-state index contributed by atoms with van der Waals surface area (Å²) in [5, 5.41) is 0. The highest BCUT2D eigenvalue weighted by molar-refractivity contribution is 5.63. The van der Waals surface area contributed by atoms with Crippen molar-refractivity contribution in [2.75, 3.05) is 0 Å². The maximum Gasteiger partial charge on any atom is 0.213 e. The van der Waals surface area contributed by atoms with E-state index in [0.717, 1.165) is 11.1 Å². The molecule has 1 aromatic heterocycles. The monoisotopic (exact) mass is 290 g/mol. The van der Waals surface area contributed by atoms with Crippen LogP contribution >= 0.6 is 0 Å². The predicted molar refractivity (Wildman–Crippen MR) is 88.3 cm³/mol. The molecule has 3 nitrogen and oxygen atoms in total. The van der Waals surface area contributed by atoms with Gasteiger partial charge in [-0.1, -0.05) is 54.6 Å². The number of hydrogen-bond donors (Lipinski definition) is 1. The number of hydrogen-bond acceptors (Lipinski definition) is 3. The van der Waals surface area contributed by atoms with Gasteiger partial charge in [0.25, 0.3) is 0 Å². The minimum Gasteiger partial charge on any atom is -0.473 e. The second kappa shape index (κ2) is 6.87. The summed E-state index contributed by atoms with van der Waals surface area (Å²) < 4.78 is 5.71. The molecule has 0 unspecified atom stereocenters. The summed E-state index contributed by atoms with van der Waals surface area (Å²) in [7, 11) is 0. The standard InChI is InChI=1S/C19H18N2O/c20-13-16-10-11-21-19(12-16)22-14-15-6-8-18(9-7-15)17-4-2-1-3-5-17/h1-12H,13-14,20H2. The van der Waals surface area contributed by atoms with Gasteiger partial charge in [0, 0.05) is 18.8 Å². The lowest BCUT2D eigenvalue weighted by Crippen LogP contribution is -2.00. The number of nitrogens with two attached hydrogens (primary N) is 1. The Labute approximate surface area is 130 Å². The first-order chi connectivity index (χ1) is 10.8. The maximum atomic E-state index is 5.71. The minimum atomic E-state index is 0.491. The Morgan fingerprint density at radius 3 is 2.27 bits per heavy atom. The second-order valence-electron chi connectivity index (χ2n) is 5.06. The van der Waals surface area contributed by atoms with Crippen LogP contribution < -0.4 is 10.5 Å². The largest absolute Gasteiger partial charge is 0.473 e. The fourth-order valence-corrected chi connectivity index (χ4v) is 2.24. The van der Waals surface area contributed by atoms with E-state index in [-0.39, 0.29) is 0 Å². The van der Waals surface area contributed by atoms with Crippen molar-refractivity contribution in [2.24, 2.45) is 5.73 Å². The molecule has 0 aliphatic carbocycles. The van der Waals surface area contributed by atoms with E-state index in [1.165, 1.54) is 11.1 Å². The van der Waals surface area contributed by atoms with Crippen LogP contribution in [-0.2, 0) is 13.2 Å². The molecule has 0 aliphatic rings. The highest BCUT2D eigenvalue weighted by Crippen LogP contribution is 2.20. The number of rotatable bonds is 5. The molecule has 0 bridgehead atoms. The zero-order valence-corrected chi connectivity index (χ0v) is 12.3. The molecule has 2 aromatic carbocycles. The molecule has 0 aliphatic heterocycles. The average Bonchev–Trinajstić information content (AvgIpc) is 2.61. The summed E-state index contributed by atoms with van der Waals surface area (Å²) in [5.74, 6) is 0.607. The summed E-state index contributed by atoms with van der Waals surface area (Å²) in [6.07, 6.45) is 1.72. The Kier molecular flexibility index (Phi) is 4.47. The van der Waals surface area contributed by atoms with Crippen LogP contribution in [-0.4, -0.2) is 4.98 Å². The van der Waals surface area contributed by atoms with Gasteiger partial charge in [0.1, 0.15) is 6.61 Å². The summed E-state index contributed by atoms with van der Waals surface area (Å²) in [6, 6.07) is 22.5. The van der Waals surface area contributed by atoms with Crippen molar-refractivity contribution < 1.29 is 4.74 Å². The van der Waals surface area contributed by atoms with Crippen LogP contribution in [0.15, 0.2) is 72.9 Å². The van der Waals surface area contributed by atoms with Crippen LogP contribution in [0.5, 0.6) is 5.88 Å². The van der Waals surface area contributed by atoms with Crippen molar-refractivity contribution in [3.8, 4) is 17.0 Å². The van der Waals surface area contributed by atoms with E-state index in [0.29, 0.717) is 19.0 Å². The smallest absolute Gasteiger partial charge is 0.213 e. The molecule has 0 radical (unpaired) electrons. The number of aromatic nitrogens is 1. The third-order valence-electron chi connectivity index (χ3n) is 3.48. The SMILES string of the molecule is NCc1ccnc(OCc2ccc(-c3ccccc3)cc2)c1. The molecule has 0 saturated heterocycles. The zero-order chi connectivity index (χ0) is 15.2.